The average molecular weight is 225 g/mol. The fourth-order valence-corrected chi connectivity index (χ4v) is 3.95. The molecule has 0 aromatic carbocycles. The Morgan fingerprint density at radius 1 is 1.50 bits per heavy atom. The maximum Gasteiger partial charge on any atom is 0.0690 e. The van der Waals surface area contributed by atoms with Crippen molar-refractivity contribution in [3.8, 4) is 0 Å². The van der Waals surface area contributed by atoms with E-state index in [-0.39, 0.29) is 6.61 Å². The van der Waals surface area contributed by atoms with Crippen molar-refractivity contribution in [1.82, 2.24) is 5.32 Å². The second-order valence-corrected chi connectivity index (χ2v) is 6.00. The Hall–Kier alpha value is -0.120. The van der Waals surface area contributed by atoms with Gasteiger partial charge < -0.3 is 15.2 Å². The molecule has 3 rings (SSSR count). The van der Waals surface area contributed by atoms with Crippen molar-refractivity contribution in [2.75, 3.05) is 19.8 Å². The van der Waals surface area contributed by atoms with Crippen molar-refractivity contribution in [3.05, 3.63) is 0 Å². The molecule has 1 aliphatic heterocycles. The topological polar surface area (TPSA) is 41.5 Å². The van der Waals surface area contributed by atoms with Gasteiger partial charge in [0.25, 0.3) is 0 Å². The molecule has 1 spiro atoms. The van der Waals surface area contributed by atoms with Gasteiger partial charge in [-0.05, 0) is 25.2 Å². The largest absolute Gasteiger partial charge is 0.396 e. The molecule has 1 heterocycles. The average Bonchev–Trinajstić information content (AvgIpc) is 2.61. The van der Waals surface area contributed by atoms with Crippen molar-refractivity contribution in [2.45, 2.75) is 44.8 Å². The van der Waals surface area contributed by atoms with Gasteiger partial charge in [0, 0.05) is 37.1 Å². The summed E-state index contributed by atoms with van der Waals surface area (Å²) in [6.45, 7) is 4.30. The van der Waals surface area contributed by atoms with E-state index in [2.05, 4.69) is 12.2 Å². The van der Waals surface area contributed by atoms with Crippen LogP contribution in [0.2, 0.25) is 0 Å². The Bertz CT molecular complexity index is 265. The highest BCUT2D eigenvalue weighted by Gasteiger charge is 2.66. The van der Waals surface area contributed by atoms with Crippen LogP contribution in [0.3, 0.4) is 0 Å². The van der Waals surface area contributed by atoms with Crippen LogP contribution in [-0.4, -0.2) is 37.0 Å². The van der Waals surface area contributed by atoms with Crippen LogP contribution in [0.5, 0.6) is 0 Å². The predicted octanol–water partition coefficient (Wildman–Crippen LogP) is 1.16. The van der Waals surface area contributed by atoms with Gasteiger partial charge in [-0.3, -0.25) is 0 Å². The summed E-state index contributed by atoms with van der Waals surface area (Å²) in [6.07, 6.45) is 5.86. The summed E-state index contributed by atoms with van der Waals surface area (Å²) in [6, 6.07) is 0.669. The molecule has 16 heavy (non-hydrogen) atoms. The molecule has 92 valence electrons. The quantitative estimate of drug-likeness (QED) is 0.754. The zero-order chi connectivity index (χ0) is 11.2. The van der Waals surface area contributed by atoms with Crippen LogP contribution in [0.25, 0.3) is 0 Å². The minimum Gasteiger partial charge on any atom is -0.396 e. The molecule has 4 atom stereocenters. The first-order valence-corrected chi connectivity index (χ1v) is 6.74. The molecule has 1 saturated heterocycles. The fourth-order valence-electron chi connectivity index (χ4n) is 3.95. The van der Waals surface area contributed by atoms with Gasteiger partial charge in [-0.25, -0.2) is 0 Å². The van der Waals surface area contributed by atoms with E-state index in [0.29, 0.717) is 23.5 Å². The van der Waals surface area contributed by atoms with Crippen LogP contribution >= 0.6 is 0 Å². The van der Waals surface area contributed by atoms with Crippen molar-refractivity contribution in [3.63, 3.8) is 0 Å². The number of hydrogen-bond acceptors (Lipinski definition) is 3. The molecule has 0 aromatic rings. The smallest absolute Gasteiger partial charge is 0.0690 e. The molecule has 2 aliphatic carbocycles. The predicted molar refractivity (Wildman–Crippen MR) is 62.2 cm³/mol. The first-order valence-electron chi connectivity index (χ1n) is 6.74. The molecule has 2 N–H and O–H groups in total. The molecule has 3 nitrogen and oxygen atoms in total. The highest BCUT2D eigenvalue weighted by Crippen LogP contribution is 2.62. The lowest BCUT2D eigenvalue weighted by Crippen LogP contribution is -2.71. The lowest BCUT2D eigenvalue weighted by molar-refractivity contribution is -0.176. The summed E-state index contributed by atoms with van der Waals surface area (Å²) in [5, 5.41) is 12.8. The van der Waals surface area contributed by atoms with Crippen LogP contribution in [0.15, 0.2) is 0 Å². The van der Waals surface area contributed by atoms with E-state index in [1.165, 1.54) is 25.7 Å². The molecule has 2 saturated carbocycles. The molecule has 3 heteroatoms. The fraction of sp³-hybridized carbons (Fsp3) is 1.00. The summed E-state index contributed by atoms with van der Waals surface area (Å²) >= 11 is 0. The normalized spacial score (nSPS) is 41.2. The van der Waals surface area contributed by atoms with Gasteiger partial charge in [-0.2, -0.15) is 0 Å². The second kappa shape index (κ2) is 3.97. The zero-order valence-electron chi connectivity index (χ0n) is 10.1. The Morgan fingerprint density at radius 3 is 2.94 bits per heavy atom. The molecule has 0 bridgehead atoms. The molecule has 0 amide bonds. The highest BCUT2D eigenvalue weighted by molar-refractivity contribution is 5.18. The van der Waals surface area contributed by atoms with Crippen molar-refractivity contribution in [2.24, 2.45) is 17.3 Å². The third-order valence-corrected chi connectivity index (χ3v) is 5.03. The van der Waals surface area contributed by atoms with E-state index in [1.54, 1.807) is 0 Å². The summed E-state index contributed by atoms with van der Waals surface area (Å²) in [7, 11) is 0. The van der Waals surface area contributed by atoms with E-state index in [1.807, 2.05) is 0 Å². The third-order valence-electron chi connectivity index (χ3n) is 5.03. The summed E-state index contributed by atoms with van der Waals surface area (Å²) in [5.74, 6) is 1.13. The first-order chi connectivity index (χ1) is 7.78. The monoisotopic (exact) mass is 225 g/mol. The number of aliphatic hydroxyl groups is 1. The Kier molecular flexibility index (Phi) is 2.73. The number of aliphatic hydroxyl groups excluding tert-OH is 1. The van der Waals surface area contributed by atoms with Gasteiger partial charge in [0.15, 0.2) is 0 Å². The van der Waals surface area contributed by atoms with E-state index in [0.717, 1.165) is 19.1 Å². The molecule has 3 aliphatic rings. The summed E-state index contributed by atoms with van der Waals surface area (Å²) in [4.78, 5) is 0. The molecular formula is C13H23NO2. The van der Waals surface area contributed by atoms with E-state index in [4.69, 9.17) is 9.84 Å². The third kappa shape index (κ3) is 1.38. The van der Waals surface area contributed by atoms with Gasteiger partial charge in [-0.15, -0.1) is 0 Å². The standard InChI is InChI=1S/C13H23NO2/c1-9(8-15)7-14-11-10-3-6-16-12(10)13(11)4-2-5-13/h9-12,14-15H,2-8H2,1H3. The van der Waals surface area contributed by atoms with Crippen molar-refractivity contribution in [1.29, 1.82) is 0 Å². The van der Waals surface area contributed by atoms with E-state index < -0.39 is 0 Å². The maximum atomic E-state index is 9.06. The van der Waals surface area contributed by atoms with Crippen LogP contribution in [-0.2, 0) is 4.74 Å². The number of nitrogens with one attached hydrogen (secondary N) is 1. The van der Waals surface area contributed by atoms with Gasteiger partial charge in [0.1, 0.15) is 0 Å². The Morgan fingerprint density at radius 2 is 2.31 bits per heavy atom. The Balaban J connectivity index is 1.61. The lowest BCUT2D eigenvalue weighted by atomic mass is 9.46. The highest BCUT2D eigenvalue weighted by atomic mass is 16.5. The Labute approximate surface area is 97.6 Å². The van der Waals surface area contributed by atoms with Gasteiger partial charge >= 0.3 is 0 Å². The zero-order valence-corrected chi connectivity index (χ0v) is 10.1. The molecule has 0 radical (unpaired) electrons. The number of ether oxygens (including phenoxy) is 1. The SMILES string of the molecule is CC(CO)CNC1C2CCOC2C12CCC2. The molecular weight excluding hydrogens is 202 g/mol. The van der Waals surface area contributed by atoms with Crippen molar-refractivity contribution < 1.29 is 9.84 Å². The summed E-state index contributed by atoms with van der Waals surface area (Å²) < 4.78 is 5.88. The number of rotatable bonds is 4. The molecule has 0 aromatic heterocycles. The number of fused-ring (bicyclic) bond motifs is 2. The van der Waals surface area contributed by atoms with Crippen LogP contribution in [0, 0.1) is 17.3 Å². The summed E-state index contributed by atoms with van der Waals surface area (Å²) in [5.41, 5.74) is 0.482. The first kappa shape index (κ1) is 11.0. The minimum atomic E-state index is 0.289. The van der Waals surface area contributed by atoms with Gasteiger partial charge in [0.05, 0.1) is 6.10 Å². The number of hydrogen-bond donors (Lipinski definition) is 2. The van der Waals surface area contributed by atoms with Gasteiger partial charge in [0.2, 0.25) is 0 Å². The van der Waals surface area contributed by atoms with Crippen LogP contribution in [0.4, 0.5) is 0 Å². The van der Waals surface area contributed by atoms with Crippen molar-refractivity contribution >= 4 is 0 Å². The lowest BCUT2D eigenvalue weighted by Gasteiger charge is -2.63. The van der Waals surface area contributed by atoms with E-state index in [9.17, 15) is 0 Å². The second-order valence-electron chi connectivity index (χ2n) is 6.00. The molecule has 4 unspecified atom stereocenters. The van der Waals surface area contributed by atoms with Crippen LogP contribution < -0.4 is 5.32 Å². The maximum absolute atomic E-state index is 9.06. The molecule has 3 fully saturated rings. The van der Waals surface area contributed by atoms with Gasteiger partial charge in [-0.1, -0.05) is 13.3 Å². The van der Waals surface area contributed by atoms with Crippen LogP contribution in [0.1, 0.15) is 32.6 Å². The minimum absolute atomic E-state index is 0.289. The van der Waals surface area contributed by atoms with E-state index >= 15 is 0 Å².